The maximum Gasteiger partial charge on any atom is 0.328 e. The van der Waals surface area contributed by atoms with Crippen LogP contribution in [0.15, 0.2) is 42.5 Å². The summed E-state index contributed by atoms with van der Waals surface area (Å²) in [5.41, 5.74) is 3.95. The number of urea groups is 1. The Morgan fingerprint density at radius 3 is 2.34 bits per heavy atom. The SMILES string of the molecule is CC1(C)C(=O)N(CCO)C(=O)N1Cc1ccc(-c2ccc3c(c2)CN(C2CC2)C3=O)cc1. The van der Waals surface area contributed by atoms with Crippen LogP contribution in [0.4, 0.5) is 4.79 Å². The minimum Gasteiger partial charge on any atom is -0.395 e. The van der Waals surface area contributed by atoms with Crippen molar-refractivity contribution in [3.05, 3.63) is 59.2 Å². The van der Waals surface area contributed by atoms with E-state index in [4.69, 9.17) is 0 Å². The molecule has 0 aromatic heterocycles. The van der Waals surface area contributed by atoms with Gasteiger partial charge < -0.3 is 14.9 Å². The predicted octanol–water partition coefficient (Wildman–Crippen LogP) is 3.01. The highest BCUT2D eigenvalue weighted by atomic mass is 16.3. The van der Waals surface area contributed by atoms with Crippen LogP contribution in [-0.4, -0.2) is 62.4 Å². The molecule has 3 aliphatic rings. The van der Waals surface area contributed by atoms with Gasteiger partial charge >= 0.3 is 6.03 Å². The van der Waals surface area contributed by atoms with Crippen molar-refractivity contribution in [3.63, 3.8) is 0 Å². The van der Waals surface area contributed by atoms with Crippen LogP contribution >= 0.6 is 0 Å². The number of aliphatic hydroxyl groups excluding tert-OH is 1. The van der Waals surface area contributed by atoms with Crippen molar-refractivity contribution in [1.29, 1.82) is 0 Å². The Balaban J connectivity index is 1.33. The molecule has 5 rings (SSSR count). The largest absolute Gasteiger partial charge is 0.395 e. The van der Waals surface area contributed by atoms with Gasteiger partial charge in [-0.05, 0) is 61.1 Å². The third-order valence-electron chi connectivity index (χ3n) is 6.78. The fourth-order valence-electron chi connectivity index (χ4n) is 4.67. The Kier molecular flexibility index (Phi) is 4.82. The summed E-state index contributed by atoms with van der Waals surface area (Å²) in [6.45, 7) is 4.23. The molecule has 2 aliphatic heterocycles. The molecule has 166 valence electrons. The molecule has 2 aromatic carbocycles. The molecule has 0 atom stereocenters. The summed E-state index contributed by atoms with van der Waals surface area (Å²) in [6, 6.07) is 14.0. The fourth-order valence-corrected chi connectivity index (χ4v) is 4.67. The van der Waals surface area contributed by atoms with Gasteiger partial charge in [0, 0.05) is 24.7 Å². The molecule has 2 fully saturated rings. The summed E-state index contributed by atoms with van der Waals surface area (Å²) in [6.07, 6.45) is 2.21. The summed E-state index contributed by atoms with van der Waals surface area (Å²) in [7, 11) is 0. The van der Waals surface area contributed by atoms with E-state index in [0.717, 1.165) is 45.6 Å². The molecule has 0 unspecified atom stereocenters. The second-order valence-electron chi connectivity index (χ2n) is 9.34. The molecule has 32 heavy (non-hydrogen) atoms. The highest BCUT2D eigenvalue weighted by molar-refractivity contribution is 6.06. The van der Waals surface area contributed by atoms with E-state index in [1.165, 1.54) is 0 Å². The predicted molar refractivity (Wildman–Crippen MR) is 119 cm³/mol. The van der Waals surface area contributed by atoms with E-state index in [-0.39, 0.29) is 31.0 Å². The molecule has 2 aromatic rings. The normalized spacial score (nSPS) is 19.8. The average Bonchev–Trinajstić information content (AvgIpc) is 3.56. The quantitative estimate of drug-likeness (QED) is 0.710. The van der Waals surface area contributed by atoms with Gasteiger partial charge in [-0.3, -0.25) is 14.5 Å². The Bertz CT molecular complexity index is 1100. The molecule has 1 saturated carbocycles. The van der Waals surface area contributed by atoms with Crippen molar-refractivity contribution in [2.24, 2.45) is 0 Å². The Labute approximate surface area is 187 Å². The number of imide groups is 1. The third-order valence-corrected chi connectivity index (χ3v) is 6.78. The van der Waals surface area contributed by atoms with Crippen molar-refractivity contribution in [2.75, 3.05) is 13.2 Å². The smallest absolute Gasteiger partial charge is 0.328 e. The first kappa shape index (κ1) is 20.7. The molecule has 2 heterocycles. The Morgan fingerprint density at radius 1 is 1.00 bits per heavy atom. The second kappa shape index (κ2) is 7.45. The average molecular weight is 434 g/mol. The molecule has 1 saturated heterocycles. The highest BCUT2D eigenvalue weighted by Crippen LogP contribution is 2.36. The van der Waals surface area contributed by atoms with Crippen LogP contribution in [-0.2, 0) is 17.9 Å². The number of hydrogen-bond acceptors (Lipinski definition) is 4. The number of carbonyl (C=O) groups is 3. The van der Waals surface area contributed by atoms with E-state index in [0.29, 0.717) is 19.1 Å². The number of rotatable bonds is 6. The van der Waals surface area contributed by atoms with Gasteiger partial charge in [-0.25, -0.2) is 4.79 Å². The fraction of sp³-hybridized carbons (Fsp3) is 0.400. The molecule has 0 bridgehead atoms. The molecule has 1 N–H and O–H groups in total. The van der Waals surface area contributed by atoms with Crippen LogP contribution in [0.1, 0.15) is 48.2 Å². The number of fused-ring (bicyclic) bond motifs is 1. The molecule has 1 aliphatic carbocycles. The summed E-state index contributed by atoms with van der Waals surface area (Å²) in [4.78, 5) is 42.5. The van der Waals surface area contributed by atoms with Gasteiger partial charge in [0.15, 0.2) is 0 Å². The van der Waals surface area contributed by atoms with Gasteiger partial charge in [0.1, 0.15) is 5.54 Å². The zero-order chi connectivity index (χ0) is 22.6. The first-order valence-corrected chi connectivity index (χ1v) is 11.1. The van der Waals surface area contributed by atoms with Gasteiger partial charge in [0.25, 0.3) is 11.8 Å². The van der Waals surface area contributed by atoms with Crippen molar-refractivity contribution < 1.29 is 19.5 Å². The zero-order valence-electron chi connectivity index (χ0n) is 18.4. The molecule has 0 spiro atoms. The lowest BCUT2D eigenvalue weighted by Gasteiger charge is -2.27. The molecular weight excluding hydrogens is 406 g/mol. The number of amides is 4. The number of carbonyl (C=O) groups excluding carboxylic acids is 3. The minimum atomic E-state index is -0.953. The standard InChI is InChI=1S/C25H27N3O4/c1-25(2)23(31)26(11-12-29)24(32)28(25)14-16-3-5-17(6-4-16)18-7-10-21-19(13-18)15-27(22(21)30)20-8-9-20/h3-7,10,13,20,29H,8-9,11-12,14-15H2,1-2H3. The Hall–Kier alpha value is -3.19. The van der Waals surface area contributed by atoms with E-state index in [2.05, 4.69) is 6.07 Å². The zero-order valence-corrected chi connectivity index (χ0v) is 18.4. The summed E-state index contributed by atoms with van der Waals surface area (Å²) < 4.78 is 0. The summed E-state index contributed by atoms with van der Waals surface area (Å²) in [5, 5.41) is 9.18. The molecule has 4 amide bonds. The van der Waals surface area contributed by atoms with Crippen molar-refractivity contribution >= 4 is 17.8 Å². The maximum absolute atomic E-state index is 12.7. The highest BCUT2D eigenvalue weighted by Gasteiger charge is 2.50. The topological polar surface area (TPSA) is 81.2 Å². The van der Waals surface area contributed by atoms with E-state index in [9.17, 15) is 19.5 Å². The van der Waals surface area contributed by atoms with E-state index in [1.807, 2.05) is 41.3 Å². The van der Waals surface area contributed by atoms with E-state index >= 15 is 0 Å². The van der Waals surface area contributed by atoms with Gasteiger partial charge in [-0.15, -0.1) is 0 Å². The monoisotopic (exact) mass is 433 g/mol. The molecular formula is C25H27N3O4. The lowest BCUT2D eigenvalue weighted by molar-refractivity contribution is -0.132. The van der Waals surface area contributed by atoms with E-state index < -0.39 is 5.54 Å². The Morgan fingerprint density at radius 2 is 1.69 bits per heavy atom. The molecule has 7 nitrogen and oxygen atoms in total. The van der Waals surface area contributed by atoms with Crippen molar-refractivity contribution in [1.82, 2.24) is 14.7 Å². The van der Waals surface area contributed by atoms with Gasteiger partial charge in [-0.1, -0.05) is 30.3 Å². The lowest BCUT2D eigenvalue weighted by Crippen LogP contribution is -2.43. The number of hydrogen-bond donors (Lipinski definition) is 1. The lowest BCUT2D eigenvalue weighted by atomic mass is 9.99. The van der Waals surface area contributed by atoms with Gasteiger partial charge in [0.05, 0.1) is 13.2 Å². The number of benzene rings is 2. The number of aliphatic hydroxyl groups is 1. The van der Waals surface area contributed by atoms with Crippen LogP contribution in [0.3, 0.4) is 0 Å². The van der Waals surface area contributed by atoms with Crippen LogP contribution in [0.2, 0.25) is 0 Å². The van der Waals surface area contributed by atoms with Gasteiger partial charge in [0.2, 0.25) is 0 Å². The third kappa shape index (κ3) is 3.28. The summed E-state index contributed by atoms with van der Waals surface area (Å²) in [5.74, 6) is -0.145. The maximum atomic E-state index is 12.7. The van der Waals surface area contributed by atoms with Crippen molar-refractivity contribution in [3.8, 4) is 11.1 Å². The van der Waals surface area contributed by atoms with Crippen LogP contribution in [0.25, 0.3) is 11.1 Å². The van der Waals surface area contributed by atoms with Crippen molar-refractivity contribution in [2.45, 2.75) is 51.4 Å². The van der Waals surface area contributed by atoms with E-state index in [1.54, 1.807) is 18.7 Å². The minimum absolute atomic E-state index is 0.00947. The first-order valence-electron chi connectivity index (χ1n) is 11.1. The summed E-state index contributed by atoms with van der Waals surface area (Å²) >= 11 is 0. The van der Waals surface area contributed by atoms with Crippen LogP contribution < -0.4 is 0 Å². The second-order valence-corrected chi connectivity index (χ2v) is 9.34. The number of nitrogens with zero attached hydrogens (tertiary/aromatic N) is 3. The number of β-amino-alcohol motifs (C(OH)–C–C–N with tert-alkyl or cyclic N) is 1. The van der Waals surface area contributed by atoms with Crippen LogP contribution in [0, 0.1) is 0 Å². The van der Waals surface area contributed by atoms with Gasteiger partial charge in [-0.2, -0.15) is 0 Å². The molecule has 0 radical (unpaired) electrons. The molecule has 7 heteroatoms. The van der Waals surface area contributed by atoms with Crippen LogP contribution in [0.5, 0.6) is 0 Å². The first-order chi connectivity index (χ1) is 15.3.